The van der Waals surface area contributed by atoms with Crippen molar-refractivity contribution in [2.24, 2.45) is 5.73 Å². The molecule has 0 bridgehead atoms. The van der Waals surface area contributed by atoms with Crippen molar-refractivity contribution in [2.45, 2.75) is 45.1 Å². The first kappa shape index (κ1) is 14.7. The molecule has 0 fully saturated rings. The summed E-state index contributed by atoms with van der Waals surface area (Å²) in [4.78, 5) is 11.7. The molecule has 0 amide bonds. The highest BCUT2D eigenvalue weighted by molar-refractivity contribution is 5.79. The van der Waals surface area contributed by atoms with E-state index < -0.39 is 0 Å². The van der Waals surface area contributed by atoms with E-state index in [4.69, 9.17) is 10.5 Å². The summed E-state index contributed by atoms with van der Waals surface area (Å²) in [7, 11) is 1.65. The highest BCUT2D eigenvalue weighted by Crippen LogP contribution is 2.13. The molecule has 1 rings (SSSR count). The van der Waals surface area contributed by atoms with Crippen LogP contribution in [0.3, 0.4) is 0 Å². The monoisotopic (exact) mass is 249 g/mol. The summed E-state index contributed by atoms with van der Waals surface area (Å²) in [5.41, 5.74) is 7.01. The van der Waals surface area contributed by atoms with Gasteiger partial charge in [-0.2, -0.15) is 0 Å². The van der Waals surface area contributed by atoms with Gasteiger partial charge >= 0.3 is 0 Å². The Hall–Kier alpha value is -1.35. The molecule has 2 N–H and O–H groups in total. The Morgan fingerprint density at radius 1 is 1.33 bits per heavy atom. The molecule has 3 nitrogen and oxygen atoms in total. The van der Waals surface area contributed by atoms with E-state index >= 15 is 0 Å². The van der Waals surface area contributed by atoms with Gasteiger partial charge < -0.3 is 10.5 Å². The van der Waals surface area contributed by atoms with Gasteiger partial charge in [0.2, 0.25) is 0 Å². The number of carbonyl (C=O) groups excluding carboxylic acids is 1. The number of hydrogen-bond acceptors (Lipinski definition) is 3. The molecule has 0 radical (unpaired) electrons. The number of aryl methyl sites for hydroxylation is 1. The Bertz CT molecular complexity index is 359. The fourth-order valence-corrected chi connectivity index (χ4v) is 1.94. The Kier molecular flexibility index (Phi) is 6.44. The lowest BCUT2D eigenvalue weighted by molar-refractivity contribution is -0.119. The van der Waals surface area contributed by atoms with Crippen molar-refractivity contribution in [3.8, 4) is 5.75 Å². The summed E-state index contributed by atoms with van der Waals surface area (Å²) < 4.78 is 5.09. The van der Waals surface area contributed by atoms with E-state index in [1.807, 2.05) is 24.3 Å². The maximum atomic E-state index is 11.7. The molecular weight excluding hydrogens is 226 g/mol. The van der Waals surface area contributed by atoms with Gasteiger partial charge in [0.1, 0.15) is 11.5 Å². The third-order valence-corrected chi connectivity index (χ3v) is 3.00. The van der Waals surface area contributed by atoms with E-state index in [1.165, 1.54) is 0 Å². The van der Waals surface area contributed by atoms with Crippen molar-refractivity contribution in [1.29, 1.82) is 0 Å². The van der Waals surface area contributed by atoms with Crippen LogP contribution in [0.4, 0.5) is 0 Å². The number of Topliss-reactive ketones (excluding diaryl/α,β-unsaturated/α-hetero) is 1. The summed E-state index contributed by atoms with van der Waals surface area (Å²) in [6.45, 7) is 2.09. The van der Waals surface area contributed by atoms with Crippen molar-refractivity contribution in [2.75, 3.05) is 7.11 Å². The standard InChI is InChI=1S/C15H23NO2/c1-3-4-13(16)11-14(17)8-5-12-6-9-15(18-2)10-7-12/h6-7,9-10,13H,3-5,8,11,16H2,1-2H3. The van der Waals surface area contributed by atoms with E-state index in [0.29, 0.717) is 12.8 Å². The van der Waals surface area contributed by atoms with E-state index in [1.54, 1.807) is 7.11 Å². The molecule has 1 atom stereocenters. The highest BCUT2D eigenvalue weighted by Gasteiger charge is 2.08. The molecule has 0 aliphatic rings. The molecule has 1 aromatic carbocycles. The first-order valence-corrected chi connectivity index (χ1v) is 6.56. The maximum absolute atomic E-state index is 11.7. The van der Waals surface area contributed by atoms with Crippen LogP contribution in [-0.2, 0) is 11.2 Å². The van der Waals surface area contributed by atoms with Gasteiger partial charge in [0, 0.05) is 18.9 Å². The van der Waals surface area contributed by atoms with Crippen molar-refractivity contribution < 1.29 is 9.53 Å². The predicted octanol–water partition coefficient (Wildman–Crippen LogP) is 2.71. The quantitative estimate of drug-likeness (QED) is 0.770. The van der Waals surface area contributed by atoms with Crippen molar-refractivity contribution in [1.82, 2.24) is 0 Å². The van der Waals surface area contributed by atoms with Crippen LogP contribution in [0.15, 0.2) is 24.3 Å². The Balaban J connectivity index is 2.33. The molecule has 0 aliphatic heterocycles. The molecule has 3 heteroatoms. The van der Waals surface area contributed by atoms with Gasteiger partial charge in [0.05, 0.1) is 7.11 Å². The number of methoxy groups -OCH3 is 1. The lowest BCUT2D eigenvalue weighted by atomic mass is 10.0. The SMILES string of the molecule is CCCC(N)CC(=O)CCc1ccc(OC)cc1. The highest BCUT2D eigenvalue weighted by atomic mass is 16.5. The lowest BCUT2D eigenvalue weighted by Crippen LogP contribution is -2.23. The van der Waals surface area contributed by atoms with Crippen LogP contribution >= 0.6 is 0 Å². The van der Waals surface area contributed by atoms with Crippen LogP contribution < -0.4 is 10.5 Å². The third kappa shape index (κ3) is 5.32. The largest absolute Gasteiger partial charge is 0.497 e. The van der Waals surface area contributed by atoms with Gasteiger partial charge in [-0.05, 0) is 30.5 Å². The molecule has 0 aromatic heterocycles. The van der Waals surface area contributed by atoms with Crippen LogP contribution in [0.25, 0.3) is 0 Å². The molecule has 0 heterocycles. The minimum atomic E-state index is 0.0263. The number of hydrogen-bond donors (Lipinski definition) is 1. The molecule has 0 saturated heterocycles. The number of benzene rings is 1. The summed E-state index contributed by atoms with van der Waals surface area (Å²) >= 11 is 0. The molecular formula is C15H23NO2. The minimum absolute atomic E-state index is 0.0263. The molecule has 0 saturated carbocycles. The van der Waals surface area contributed by atoms with Crippen molar-refractivity contribution >= 4 is 5.78 Å². The first-order valence-electron chi connectivity index (χ1n) is 6.56. The zero-order valence-electron chi connectivity index (χ0n) is 11.3. The van der Waals surface area contributed by atoms with Gasteiger partial charge in [-0.25, -0.2) is 0 Å². The summed E-state index contributed by atoms with van der Waals surface area (Å²) in [5.74, 6) is 1.10. The van der Waals surface area contributed by atoms with Crippen LogP contribution in [0.2, 0.25) is 0 Å². The Labute approximate surface area is 109 Å². The average Bonchev–Trinajstić information content (AvgIpc) is 2.37. The van der Waals surface area contributed by atoms with Crippen molar-refractivity contribution in [3.05, 3.63) is 29.8 Å². The van der Waals surface area contributed by atoms with Crippen LogP contribution in [0.1, 0.15) is 38.2 Å². The fraction of sp³-hybridized carbons (Fsp3) is 0.533. The second-order valence-electron chi connectivity index (χ2n) is 4.64. The number of nitrogens with two attached hydrogens (primary N) is 1. The van der Waals surface area contributed by atoms with Gasteiger partial charge in [-0.3, -0.25) is 4.79 Å². The zero-order valence-corrected chi connectivity index (χ0v) is 11.3. The van der Waals surface area contributed by atoms with E-state index in [0.717, 1.165) is 30.6 Å². The van der Waals surface area contributed by atoms with Crippen molar-refractivity contribution in [3.63, 3.8) is 0 Å². The minimum Gasteiger partial charge on any atom is -0.497 e. The predicted molar refractivity (Wildman–Crippen MR) is 73.8 cm³/mol. The number of rotatable bonds is 8. The Morgan fingerprint density at radius 3 is 2.56 bits per heavy atom. The van der Waals surface area contributed by atoms with Gasteiger partial charge in [0.25, 0.3) is 0 Å². The van der Waals surface area contributed by atoms with Gasteiger partial charge in [-0.1, -0.05) is 25.5 Å². The molecule has 1 aromatic rings. The molecule has 0 spiro atoms. The normalized spacial score (nSPS) is 12.2. The Morgan fingerprint density at radius 2 is 2.00 bits per heavy atom. The number of ether oxygens (including phenoxy) is 1. The number of ketones is 1. The fourth-order valence-electron chi connectivity index (χ4n) is 1.94. The van der Waals surface area contributed by atoms with E-state index in [2.05, 4.69) is 6.92 Å². The van der Waals surface area contributed by atoms with Gasteiger partial charge in [-0.15, -0.1) is 0 Å². The first-order chi connectivity index (χ1) is 8.65. The molecule has 18 heavy (non-hydrogen) atoms. The van der Waals surface area contributed by atoms with Gasteiger partial charge in [0.15, 0.2) is 0 Å². The van der Waals surface area contributed by atoms with E-state index in [9.17, 15) is 4.79 Å². The average molecular weight is 249 g/mol. The second kappa shape index (κ2) is 7.88. The van der Waals surface area contributed by atoms with Crippen LogP contribution in [0.5, 0.6) is 5.75 Å². The topological polar surface area (TPSA) is 52.3 Å². The smallest absolute Gasteiger partial charge is 0.134 e. The zero-order chi connectivity index (χ0) is 13.4. The maximum Gasteiger partial charge on any atom is 0.134 e. The molecule has 0 aliphatic carbocycles. The molecule has 100 valence electrons. The lowest BCUT2D eigenvalue weighted by Gasteiger charge is -2.09. The van der Waals surface area contributed by atoms with Crippen LogP contribution in [0, 0.1) is 0 Å². The van der Waals surface area contributed by atoms with Crippen LogP contribution in [-0.4, -0.2) is 18.9 Å². The third-order valence-electron chi connectivity index (χ3n) is 3.00. The van der Waals surface area contributed by atoms with E-state index in [-0.39, 0.29) is 11.8 Å². The summed E-state index contributed by atoms with van der Waals surface area (Å²) in [6.07, 6.45) is 3.82. The summed E-state index contributed by atoms with van der Waals surface area (Å²) in [5, 5.41) is 0. The number of carbonyl (C=O) groups is 1. The second-order valence-corrected chi connectivity index (χ2v) is 4.64. The summed E-state index contributed by atoms with van der Waals surface area (Å²) in [6, 6.07) is 7.86. The molecule has 1 unspecified atom stereocenters.